The van der Waals surface area contributed by atoms with Crippen molar-refractivity contribution in [2.75, 3.05) is 13.1 Å². The smallest absolute Gasteiger partial charge is 0.0753 e. The molecule has 1 atom stereocenters. The van der Waals surface area contributed by atoms with E-state index in [0.29, 0.717) is 6.54 Å². The molecule has 2 aliphatic carbocycles. The lowest BCUT2D eigenvalue weighted by atomic mass is 9.88. The zero-order valence-electron chi connectivity index (χ0n) is 13.3. The predicted molar refractivity (Wildman–Crippen MR) is 84.7 cm³/mol. The van der Waals surface area contributed by atoms with E-state index in [0.717, 1.165) is 25.0 Å². The highest BCUT2D eigenvalue weighted by Gasteiger charge is 2.30. The fourth-order valence-electron chi connectivity index (χ4n) is 3.96. The molecule has 0 aromatic carbocycles. The summed E-state index contributed by atoms with van der Waals surface area (Å²) in [5, 5.41) is 10.2. The molecule has 2 fully saturated rings. The SMILES string of the molecule is CC(O)(CN)CCN(C1CCCCC1)C1CCCCC1. The molecule has 3 nitrogen and oxygen atoms in total. The Morgan fingerprint density at radius 3 is 1.80 bits per heavy atom. The molecule has 2 rings (SSSR count). The fourth-order valence-corrected chi connectivity index (χ4v) is 3.96. The van der Waals surface area contributed by atoms with Gasteiger partial charge in [0.2, 0.25) is 0 Å². The molecule has 0 amide bonds. The Morgan fingerprint density at radius 2 is 1.40 bits per heavy atom. The maximum atomic E-state index is 10.2. The summed E-state index contributed by atoms with van der Waals surface area (Å²) >= 11 is 0. The highest BCUT2D eigenvalue weighted by atomic mass is 16.3. The first-order valence-corrected chi connectivity index (χ1v) is 8.80. The van der Waals surface area contributed by atoms with Gasteiger partial charge in [-0.3, -0.25) is 4.90 Å². The van der Waals surface area contributed by atoms with Crippen LogP contribution in [0, 0.1) is 0 Å². The molecule has 3 heteroatoms. The summed E-state index contributed by atoms with van der Waals surface area (Å²) in [7, 11) is 0. The quantitative estimate of drug-likeness (QED) is 0.787. The number of rotatable bonds is 6. The summed E-state index contributed by atoms with van der Waals surface area (Å²) in [5.41, 5.74) is 4.99. The van der Waals surface area contributed by atoms with E-state index in [4.69, 9.17) is 5.73 Å². The van der Waals surface area contributed by atoms with Crippen molar-refractivity contribution in [3.8, 4) is 0 Å². The van der Waals surface area contributed by atoms with Gasteiger partial charge < -0.3 is 10.8 Å². The maximum Gasteiger partial charge on any atom is 0.0753 e. The van der Waals surface area contributed by atoms with E-state index in [1.165, 1.54) is 64.2 Å². The van der Waals surface area contributed by atoms with Gasteiger partial charge >= 0.3 is 0 Å². The summed E-state index contributed by atoms with van der Waals surface area (Å²) in [4.78, 5) is 2.75. The third-order valence-corrected chi connectivity index (χ3v) is 5.44. The van der Waals surface area contributed by atoms with Crippen LogP contribution in [0.3, 0.4) is 0 Å². The van der Waals surface area contributed by atoms with E-state index in [1.54, 1.807) is 0 Å². The largest absolute Gasteiger partial charge is 0.389 e. The van der Waals surface area contributed by atoms with E-state index in [9.17, 15) is 5.11 Å². The Labute approximate surface area is 124 Å². The second-order valence-corrected chi connectivity index (χ2v) is 7.27. The summed E-state index contributed by atoms with van der Waals surface area (Å²) in [5.74, 6) is 0. The molecule has 2 saturated carbocycles. The van der Waals surface area contributed by atoms with Crippen molar-refractivity contribution in [2.24, 2.45) is 5.73 Å². The number of hydrogen-bond donors (Lipinski definition) is 2. The van der Waals surface area contributed by atoms with Crippen LogP contribution in [0.15, 0.2) is 0 Å². The normalized spacial score (nSPS) is 25.8. The van der Waals surface area contributed by atoms with Crippen LogP contribution >= 0.6 is 0 Å². The molecule has 3 N–H and O–H groups in total. The minimum Gasteiger partial charge on any atom is -0.389 e. The highest BCUT2D eigenvalue weighted by molar-refractivity contribution is 4.86. The number of aliphatic hydroxyl groups is 1. The summed E-state index contributed by atoms with van der Waals surface area (Å²) in [6.45, 7) is 3.28. The molecule has 0 radical (unpaired) electrons. The molecule has 2 aliphatic rings. The van der Waals surface area contributed by atoms with Crippen molar-refractivity contribution in [3.05, 3.63) is 0 Å². The van der Waals surface area contributed by atoms with E-state index < -0.39 is 5.60 Å². The van der Waals surface area contributed by atoms with Crippen molar-refractivity contribution >= 4 is 0 Å². The molecule has 0 aromatic heterocycles. The standard InChI is InChI=1S/C17H34N2O/c1-17(20,14-18)12-13-19(15-8-4-2-5-9-15)16-10-6-3-7-11-16/h15-16,20H,2-14,18H2,1H3. The summed E-state index contributed by atoms with van der Waals surface area (Å²) in [6.07, 6.45) is 14.7. The van der Waals surface area contributed by atoms with E-state index in [-0.39, 0.29) is 0 Å². The van der Waals surface area contributed by atoms with Crippen LogP contribution in [0.1, 0.15) is 77.6 Å². The van der Waals surface area contributed by atoms with E-state index in [2.05, 4.69) is 4.90 Å². The zero-order valence-corrected chi connectivity index (χ0v) is 13.3. The van der Waals surface area contributed by atoms with Crippen LogP contribution in [0.5, 0.6) is 0 Å². The van der Waals surface area contributed by atoms with E-state index >= 15 is 0 Å². The van der Waals surface area contributed by atoms with Crippen molar-refractivity contribution < 1.29 is 5.11 Å². The van der Waals surface area contributed by atoms with Crippen LogP contribution in [0.2, 0.25) is 0 Å². The average molecular weight is 282 g/mol. The lowest BCUT2D eigenvalue weighted by Crippen LogP contribution is -2.48. The molecule has 0 spiro atoms. The van der Waals surface area contributed by atoms with E-state index in [1.807, 2.05) is 6.92 Å². The fraction of sp³-hybridized carbons (Fsp3) is 1.00. The zero-order chi connectivity index (χ0) is 14.4. The van der Waals surface area contributed by atoms with Crippen LogP contribution in [-0.4, -0.2) is 40.8 Å². The Kier molecular flexibility index (Phi) is 6.31. The summed E-state index contributed by atoms with van der Waals surface area (Å²) < 4.78 is 0. The topological polar surface area (TPSA) is 49.5 Å². The molecular weight excluding hydrogens is 248 g/mol. The lowest BCUT2D eigenvalue weighted by Gasteiger charge is -2.42. The van der Waals surface area contributed by atoms with Gasteiger partial charge in [-0.15, -0.1) is 0 Å². The van der Waals surface area contributed by atoms with Crippen LogP contribution in [-0.2, 0) is 0 Å². The Hall–Kier alpha value is -0.120. The predicted octanol–water partition coefficient (Wildman–Crippen LogP) is 3.05. The van der Waals surface area contributed by atoms with Gasteiger partial charge in [-0.2, -0.15) is 0 Å². The minimum absolute atomic E-state index is 0.371. The first kappa shape index (κ1) is 16.3. The molecule has 20 heavy (non-hydrogen) atoms. The molecule has 0 heterocycles. The number of hydrogen-bond acceptors (Lipinski definition) is 3. The number of nitrogens with two attached hydrogens (primary N) is 1. The minimum atomic E-state index is -0.693. The van der Waals surface area contributed by atoms with Crippen LogP contribution in [0.25, 0.3) is 0 Å². The third-order valence-electron chi connectivity index (χ3n) is 5.44. The van der Waals surface area contributed by atoms with Crippen molar-refractivity contribution in [2.45, 2.75) is 95.2 Å². The van der Waals surface area contributed by atoms with Gasteiger partial charge in [-0.05, 0) is 39.0 Å². The monoisotopic (exact) mass is 282 g/mol. The second kappa shape index (κ2) is 7.77. The van der Waals surface area contributed by atoms with Gasteiger partial charge in [0.05, 0.1) is 5.60 Å². The molecule has 0 saturated heterocycles. The lowest BCUT2D eigenvalue weighted by molar-refractivity contribution is 0.0192. The van der Waals surface area contributed by atoms with Crippen molar-refractivity contribution in [1.29, 1.82) is 0 Å². The van der Waals surface area contributed by atoms with Gasteiger partial charge in [-0.25, -0.2) is 0 Å². The van der Waals surface area contributed by atoms with Crippen LogP contribution < -0.4 is 5.73 Å². The Balaban J connectivity index is 1.94. The first-order chi connectivity index (χ1) is 9.62. The Morgan fingerprint density at radius 1 is 0.950 bits per heavy atom. The summed E-state index contributed by atoms with van der Waals surface area (Å²) in [6, 6.07) is 1.53. The number of nitrogens with zero attached hydrogens (tertiary/aromatic N) is 1. The maximum absolute atomic E-state index is 10.2. The molecule has 0 bridgehead atoms. The van der Waals surface area contributed by atoms with Crippen molar-refractivity contribution in [1.82, 2.24) is 4.90 Å². The molecule has 118 valence electrons. The third kappa shape index (κ3) is 4.71. The molecule has 0 aromatic rings. The molecule has 1 unspecified atom stereocenters. The van der Waals surface area contributed by atoms with Gasteiger partial charge in [0, 0.05) is 25.2 Å². The molecular formula is C17H34N2O. The van der Waals surface area contributed by atoms with Crippen LogP contribution in [0.4, 0.5) is 0 Å². The van der Waals surface area contributed by atoms with Gasteiger partial charge in [0.25, 0.3) is 0 Å². The molecule has 0 aliphatic heterocycles. The second-order valence-electron chi connectivity index (χ2n) is 7.27. The average Bonchev–Trinajstić information content (AvgIpc) is 2.49. The Bertz CT molecular complexity index is 250. The first-order valence-electron chi connectivity index (χ1n) is 8.80. The van der Waals surface area contributed by atoms with Gasteiger partial charge in [0.1, 0.15) is 0 Å². The van der Waals surface area contributed by atoms with Gasteiger partial charge in [0.15, 0.2) is 0 Å². The van der Waals surface area contributed by atoms with Gasteiger partial charge in [-0.1, -0.05) is 38.5 Å². The van der Waals surface area contributed by atoms with Crippen molar-refractivity contribution in [3.63, 3.8) is 0 Å². The highest BCUT2D eigenvalue weighted by Crippen LogP contribution is 2.30.